The molecule has 1 aliphatic rings. The van der Waals surface area contributed by atoms with Crippen LogP contribution < -0.4 is 4.74 Å². The van der Waals surface area contributed by atoms with E-state index in [0.29, 0.717) is 18.9 Å². The Morgan fingerprint density at radius 2 is 2.38 bits per heavy atom. The summed E-state index contributed by atoms with van der Waals surface area (Å²) in [4.78, 5) is 0. The number of ether oxygens (including phenoxy) is 1. The predicted molar refractivity (Wildman–Crippen MR) is 68.3 cm³/mol. The summed E-state index contributed by atoms with van der Waals surface area (Å²) in [5.41, 5.74) is 1.39. The Morgan fingerprint density at radius 3 is 3.12 bits per heavy atom. The van der Waals surface area contributed by atoms with Gasteiger partial charge in [0.25, 0.3) is 0 Å². The molecule has 16 heavy (non-hydrogen) atoms. The molecule has 88 valence electrons. The average Bonchev–Trinajstić information content (AvgIpc) is 2.83. The monoisotopic (exact) mass is 238 g/mol. The lowest BCUT2D eigenvalue weighted by Gasteiger charge is -2.11. The number of hydrogen-bond donors (Lipinski definition) is 1. The van der Waals surface area contributed by atoms with Crippen LogP contribution in [0.2, 0.25) is 0 Å². The summed E-state index contributed by atoms with van der Waals surface area (Å²) < 4.78 is 5.58. The maximum atomic E-state index is 8.69. The number of benzene rings is 1. The van der Waals surface area contributed by atoms with Gasteiger partial charge in [0.05, 0.1) is 6.61 Å². The molecular formula is C13H18O2S. The summed E-state index contributed by atoms with van der Waals surface area (Å²) in [5.74, 6) is 4.15. The fourth-order valence-electron chi connectivity index (χ4n) is 1.91. The zero-order chi connectivity index (χ0) is 11.2. The van der Waals surface area contributed by atoms with E-state index in [9.17, 15) is 0 Å². The van der Waals surface area contributed by atoms with Crippen molar-refractivity contribution in [3.05, 3.63) is 29.8 Å². The molecule has 1 atom stereocenters. The smallest absolute Gasteiger partial charge is 0.119 e. The molecule has 1 aromatic carbocycles. The predicted octanol–water partition coefficient (Wildman–Crippen LogP) is 2.67. The van der Waals surface area contributed by atoms with Crippen LogP contribution in [0.1, 0.15) is 24.3 Å². The molecule has 0 aromatic heterocycles. The minimum Gasteiger partial charge on any atom is -0.493 e. The SMILES string of the molecule is OCCCOc1cccc(C2CCSC2)c1. The number of hydrogen-bond acceptors (Lipinski definition) is 3. The first-order chi connectivity index (χ1) is 7.90. The molecule has 1 heterocycles. The number of aliphatic hydroxyl groups is 1. The van der Waals surface area contributed by atoms with Gasteiger partial charge in [-0.2, -0.15) is 11.8 Å². The number of aliphatic hydroxyl groups excluding tert-OH is 1. The summed E-state index contributed by atoms with van der Waals surface area (Å²) in [5, 5.41) is 8.69. The second-order valence-corrected chi connectivity index (χ2v) is 5.21. The van der Waals surface area contributed by atoms with Crippen molar-refractivity contribution in [3.63, 3.8) is 0 Å². The lowest BCUT2D eigenvalue weighted by Crippen LogP contribution is -2.01. The molecule has 2 nitrogen and oxygen atoms in total. The highest BCUT2D eigenvalue weighted by molar-refractivity contribution is 7.99. The van der Waals surface area contributed by atoms with Crippen molar-refractivity contribution in [1.29, 1.82) is 0 Å². The molecule has 0 radical (unpaired) electrons. The third-order valence-corrected chi connectivity index (χ3v) is 3.99. The van der Waals surface area contributed by atoms with Gasteiger partial charge >= 0.3 is 0 Å². The third-order valence-electron chi connectivity index (χ3n) is 2.83. The van der Waals surface area contributed by atoms with Crippen molar-refractivity contribution in [1.82, 2.24) is 0 Å². The van der Waals surface area contributed by atoms with Gasteiger partial charge in [-0.15, -0.1) is 0 Å². The molecule has 1 fully saturated rings. The zero-order valence-electron chi connectivity index (χ0n) is 9.39. The maximum Gasteiger partial charge on any atom is 0.119 e. The standard InChI is InChI=1S/C13H18O2S/c14-6-2-7-15-13-4-1-3-11(9-13)12-5-8-16-10-12/h1,3-4,9,12,14H,2,5-8,10H2. The summed E-state index contributed by atoms with van der Waals surface area (Å²) >= 11 is 2.03. The van der Waals surface area contributed by atoms with Crippen LogP contribution in [0.25, 0.3) is 0 Å². The van der Waals surface area contributed by atoms with Crippen molar-refractivity contribution in [3.8, 4) is 5.75 Å². The van der Waals surface area contributed by atoms with Crippen LogP contribution in [-0.4, -0.2) is 29.8 Å². The summed E-state index contributed by atoms with van der Waals surface area (Å²) in [7, 11) is 0. The van der Waals surface area contributed by atoms with E-state index in [0.717, 1.165) is 5.75 Å². The molecule has 1 unspecified atom stereocenters. The molecule has 0 amide bonds. The van der Waals surface area contributed by atoms with Crippen LogP contribution in [0.15, 0.2) is 24.3 Å². The van der Waals surface area contributed by atoms with Crippen molar-refractivity contribution >= 4 is 11.8 Å². The van der Waals surface area contributed by atoms with Crippen molar-refractivity contribution in [2.24, 2.45) is 0 Å². The molecule has 0 saturated carbocycles. The zero-order valence-corrected chi connectivity index (χ0v) is 10.2. The van der Waals surface area contributed by atoms with Gasteiger partial charge in [-0.1, -0.05) is 12.1 Å². The van der Waals surface area contributed by atoms with Crippen LogP contribution in [0.4, 0.5) is 0 Å². The highest BCUT2D eigenvalue weighted by atomic mass is 32.2. The molecular weight excluding hydrogens is 220 g/mol. The Balaban J connectivity index is 1.95. The van der Waals surface area contributed by atoms with E-state index in [1.165, 1.54) is 23.5 Å². The molecule has 2 rings (SSSR count). The molecule has 1 aliphatic heterocycles. The molecule has 0 bridgehead atoms. The highest BCUT2D eigenvalue weighted by Gasteiger charge is 2.17. The van der Waals surface area contributed by atoms with Crippen LogP contribution in [0, 0.1) is 0 Å². The van der Waals surface area contributed by atoms with E-state index in [1.807, 2.05) is 17.8 Å². The van der Waals surface area contributed by atoms with Gasteiger partial charge in [-0.25, -0.2) is 0 Å². The summed E-state index contributed by atoms with van der Waals surface area (Å²) in [6, 6.07) is 8.39. The van der Waals surface area contributed by atoms with Gasteiger partial charge in [0.2, 0.25) is 0 Å². The van der Waals surface area contributed by atoms with E-state index in [4.69, 9.17) is 9.84 Å². The van der Waals surface area contributed by atoms with E-state index < -0.39 is 0 Å². The average molecular weight is 238 g/mol. The minimum atomic E-state index is 0.193. The molecule has 1 aromatic rings. The second-order valence-electron chi connectivity index (χ2n) is 4.06. The Bertz CT molecular complexity index is 321. The molecule has 0 spiro atoms. The molecule has 1 N–H and O–H groups in total. The third kappa shape index (κ3) is 3.16. The molecule has 0 aliphatic carbocycles. The fraction of sp³-hybridized carbons (Fsp3) is 0.538. The maximum absolute atomic E-state index is 8.69. The van der Waals surface area contributed by atoms with Crippen LogP contribution >= 0.6 is 11.8 Å². The van der Waals surface area contributed by atoms with E-state index in [-0.39, 0.29) is 6.61 Å². The number of thioether (sulfide) groups is 1. The first-order valence-corrected chi connectivity index (χ1v) is 6.97. The molecule has 3 heteroatoms. The minimum absolute atomic E-state index is 0.193. The Labute approximate surface area is 101 Å². The fourth-order valence-corrected chi connectivity index (χ4v) is 3.17. The van der Waals surface area contributed by atoms with Gasteiger partial charge in [0, 0.05) is 18.8 Å². The lowest BCUT2D eigenvalue weighted by atomic mass is 9.99. The van der Waals surface area contributed by atoms with Gasteiger partial charge in [0.1, 0.15) is 5.75 Å². The summed E-state index contributed by atoms with van der Waals surface area (Å²) in [6.07, 6.45) is 1.98. The van der Waals surface area contributed by atoms with E-state index in [2.05, 4.69) is 18.2 Å². The van der Waals surface area contributed by atoms with Crippen molar-refractivity contribution < 1.29 is 9.84 Å². The normalized spacial score (nSPS) is 19.9. The van der Waals surface area contributed by atoms with Crippen LogP contribution in [0.3, 0.4) is 0 Å². The van der Waals surface area contributed by atoms with Gasteiger partial charge in [0.15, 0.2) is 0 Å². The van der Waals surface area contributed by atoms with Crippen LogP contribution in [-0.2, 0) is 0 Å². The van der Waals surface area contributed by atoms with E-state index in [1.54, 1.807) is 0 Å². The van der Waals surface area contributed by atoms with Crippen LogP contribution in [0.5, 0.6) is 5.75 Å². The van der Waals surface area contributed by atoms with Crippen molar-refractivity contribution in [2.45, 2.75) is 18.8 Å². The largest absolute Gasteiger partial charge is 0.493 e. The van der Waals surface area contributed by atoms with Gasteiger partial charge in [-0.3, -0.25) is 0 Å². The lowest BCUT2D eigenvalue weighted by molar-refractivity contribution is 0.233. The van der Waals surface area contributed by atoms with Crippen molar-refractivity contribution in [2.75, 3.05) is 24.7 Å². The van der Waals surface area contributed by atoms with Gasteiger partial charge < -0.3 is 9.84 Å². The summed E-state index contributed by atoms with van der Waals surface area (Å²) in [6.45, 7) is 0.790. The number of rotatable bonds is 5. The quantitative estimate of drug-likeness (QED) is 0.800. The highest BCUT2D eigenvalue weighted by Crippen LogP contribution is 2.33. The topological polar surface area (TPSA) is 29.5 Å². The Hall–Kier alpha value is -0.670. The Morgan fingerprint density at radius 1 is 1.44 bits per heavy atom. The van der Waals surface area contributed by atoms with E-state index >= 15 is 0 Å². The second kappa shape index (κ2) is 6.16. The Kier molecular flexibility index (Phi) is 4.55. The first kappa shape index (κ1) is 11.8. The first-order valence-electron chi connectivity index (χ1n) is 5.81. The molecule has 1 saturated heterocycles. The van der Waals surface area contributed by atoms with Gasteiger partial charge in [-0.05, 0) is 35.8 Å².